The number of benzene rings is 1. The smallest absolute Gasteiger partial charge is 0.335 e. The Hall–Kier alpha value is -2.94. The first kappa shape index (κ1) is 15.9. The number of aromatic nitrogens is 2. The zero-order chi connectivity index (χ0) is 17.1. The number of aromatic hydroxyl groups is 1. The lowest BCUT2D eigenvalue weighted by Crippen LogP contribution is -2.34. The van der Waals surface area contributed by atoms with Crippen LogP contribution in [0.2, 0.25) is 0 Å². The Labute approximate surface area is 135 Å². The molecule has 0 radical (unpaired) electrons. The number of ether oxygens (including phenoxy) is 1. The second-order valence-corrected chi connectivity index (χ2v) is 5.09. The molecule has 2 heterocycles. The van der Waals surface area contributed by atoms with Crippen molar-refractivity contribution in [2.45, 2.75) is 0 Å². The zero-order valence-corrected chi connectivity index (χ0v) is 12.6. The number of para-hydroxylation sites is 1. The fraction of sp³-hybridized carbons (Fsp3) is 0.267. The number of H-pyrrole nitrogens is 1. The lowest BCUT2D eigenvalue weighted by atomic mass is 10.2. The van der Waals surface area contributed by atoms with Crippen molar-refractivity contribution >= 4 is 6.21 Å². The maximum Gasteiger partial charge on any atom is 0.335 e. The average molecular weight is 334 g/mol. The van der Waals surface area contributed by atoms with E-state index in [0.717, 1.165) is 12.3 Å². The number of rotatable bonds is 3. The summed E-state index contributed by atoms with van der Waals surface area (Å²) in [4.78, 5) is 26.0. The summed E-state index contributed by atoms with van der Waals surface area (Å²) in [5, 5.41) is 16.1. The Morgan fingerprint density at radius 3 is 2.67 bits per heavy atom. The van der Waals surface area contributed by atoms with Crippen LogP contribution >= 0.6 is 0 Å². The average Bonchev–Trinajstić information content (AvgIpc) is 2.57. The van der Waals surface area contributed by atoms with Gasteiger partial charge in [0, 0.05) is 0 Å². The van der Waals surface area contributed by atoms with Crippen molar-refractivity contribution in [3.8, 4) is 11.6 Å². The van der Waals surface area contributed by atoms with Crippen molar-refractivity contribution in [3.05, 3.63) is 56.5 Å². The van der Waals surface area contributed by atoms with E-state index in [4.69, 9.17) is 4.74 Å². The Bertz CT molecular complexity index is 884. The molecule has 3 rings (SSSR count). The van der Waals surface area contributed by atoms with Crippen molar-refractivity contribution in [1.82, 2.24) is 14.6 Å². The third-order valence-electron chi connectivity index (χ3n) is 3.55. The number of hydrogen-bond acceptors (Lipinski definition) is 6. The van der Waals surface area contributed by atoms with Crippen LogP contribution < -0.4 is 11.2 Å². The fourth-order valence-corrected chi connectivity index (χ4v) is 2.32. The molecular formula is C15H15FN4O4. The predicted molar refractivity (Wildman–Crippen MR) is 84.3 cm³/mol. The van der Waals surface area contributed by atoms with Crippen LogP contribution in [0, 0.1) is 5.82 Å². The molecule has 0 amide bonds. The molecule has 24 heavy (non-hydrogen) atoms. The summed E-state index contributed by atoms with van der Waals surface area (Å²) in [6, 6.07) is 5.43. The van der Waals surface area contributed by atoms with Gasteiger partial charge in [-0.25, -0.2) is 13.8 Å². The largest absolute Gasteiger partial charge is 0.493 e. The van der Waals surface area contributed by atoms with Crippen LogP contribution in [0.4, 0.5) is 4.39 Å². The number of morpholine rings is 1. The molecule has 1 fully saturated rings. The number of hydrazone groups is 1. The van der Waals surface area contributed by atoms with Crippen LogP contribution in [0.25, 0.3) is 5.69 Å². The van der Waals surface area contributed by atoms with Gasteiger partial charge >= 0.3 is 5.69 Å². The standard InChI is InChI=1S/C15H15FN4O4/c16-11-3-1-2-4-12(11)20-14(22)10(13(21)18-15(20)23)9-17-19-5-7-24-8-6-19/h1-4,9,22H,5-8H2,(H,18,21,23). The quantitative estimate of drug-likeness (QED) is 0.772. The Morgan fingerprint density at radius 1 is 1.25 bits per heavy atom. The van der Waals surface area contributed by atoms with Crippen LogP contribution in [0.3, 0.4) is 0 Å². The Balaban J connectivity index is 2.06. The van der Waals surface area contributed by atoms with E-state index in [9.17, 15) is 19.1 Å². The highest BCUT2D eigenvalue weighted by Crippen LogP contribution is 2.17. The van der Waals surface area contributed by atoms with Gasteiger partial charge in [0.25, 0.3) is 5.56 Å². The number of nitrogens with zero attached hydrogens (tertiary/aromatic N) is 3. The fourth-order valence-electron chi connectivity index (χ4n) is 2.32. The molecule has 1 saturated heterocycles. The van der Waals surface area contributed by atoms with Crippen molar-refractivity contribution in [1.29, 1.82) is 0 Å². The van der Waals surface area contributed by atoms with Crippen LogP contribution in [0.5, 0.6) is 5.88 Å². The molecule has 0 saturated carbocycles. The maximum absolute atomic E-state index is 13.9. The van der Waals surface area contributed by atoms with Gasteiger partial charge in [0.2, 0.25) is 5.88 Å². The highest BCUT2D eigenvalue weighted by Gasteiger charge is 2.17. The number of nitrogens with one attached hydrogen (secondary N) is 1. The molecule has 1 aliphatic rings. The zero-order valence-electron chi connectivity index (χ0n) is 12.6. The van der Waals surface area contributed by atoms with Crippen molar-refractivity contribution in [2.75, 3.05) is 26.3 Å². The van der Waals surface area contributed by atoms with E-state index in [-0.39, 0.29) is 11.3 Å². The lowest BCUT2D eigenvalue weighted by molar-refractivity contribution is 0.0396. The van der Waals surface area contributed by atoms with Gasteiger partial charge in [0.05, 0.1) is 38.2 Å². The molecule has 2 aromatic rings. The minimum atomic E-state index is -0.939. The van der Waals surface area contributed by atoms with Crippen molar-refractivity contribution < 1.29 is 14.2 Å². The number of aromatic amines is 1. The molecule has 2 N–H and O–H groups in total. The van der Waals surface area contributed by atoms with E-state index >= 15 is 0 Å². The van der Waals surface area contributed by atoms with Crippen LogP contribution in [-0.4, -0.2) is 52.2 Å². The first-order valence-corrected chi connectivity index (χ1v) is 7.28. The van der Waals surface area contributed by atoms with Gasteiger partial charge in [-0.15, -0.1) is 0 Å². The molecule has 1 aromatic heterocycles. The second-order valence-electron chi connectivity index (χ2n) is 5.09. The summed E-state index contributed by atoms with van der Waals surface area (Å²) < 4.78 is 19.8. The van der Waals surface area contributed by atoms with E-state index in [1.165, 1.54) is 18.2 Å². The summed E-state index contributed by atoms with van der Waals surface area (Å²) >= 11 is 0. The van der Waals surface area contributed by atoms with Crippen LogP contribution in [-0.2, 0) is 4.74 Å². The molecular weight excluding hydrogens is 319 g/mol. The lowest BCUT2D eigenvalue weighted by Gasteiger charge is -2.23. The summed E-state index contributed by atoms with van der Waals surface area (Å²) in [6.07, 6.45) is 1.15. The number of halogens is 1. The van der Waals surface area contributed by atoms with E-state index in [2.05, 4.69) is 10.1 Å². The van der Waals surface area contributed by atoms with E-state index < -0.39 is 22.9 Å². The van der Waals surface area contributed by atoms with Crippen LogP contribution in [0.1, 0.15) is 5.56 Å². The maximum atomic E-state index is 13.9. The van der Waals surface area contributed by atoms with Gasteiger partial charge in [-0.2, -0.15) is 5.10 Å². The molecule has 0 bridgehead atoms. The molecule has 0 aliphatic carbocycles. The third kappa shape index (κ3) is 3.06. The van der Waals surface area contributed by atoms with Gasteiger partial charge in [-0.1, -0.05) is 12.1 Å². The van der Waals surface area contributed by atoms with Gasteiger partial charge < -0.3 is 9.84 Å². The van der Waals surface area contributed by atoms with Gasteiger partial charge in [-0.05, 0) is 12.1 Å². The minimum Gasteiger partial charge on any atom is -0.493 e. The van der Waals surface area contributed by atoms with E-state index in [1.54, 1.807) is 5.01 Å². The molecule has 0 spiro atoms. The second kappa shape index (κ2) is 6.67. The normalized spacial score (nSPS) is 15.1. The molecule has 1 aliphatic heterocycles. The number of hydrogen-bond donors (Lipinski definition) is 2. The summed E-state index contributed by atoms with van der Waals surface area (Å²) in [5.74, 6) is -1.39. The monoisotopic (exact) mass is 334 g/mol. The van der Waals surface area contributed by atoms with E-state index in [0.29, 0.717) is 30.9 Å². The van der Waals surface area contributed by atoms with Gasteiger partial charge in [0.1, 0.15) is 11.4 Å². The summed E-state index contributed by atoms with van der Waals surface area (Å²) in [6.45, 7) is 2.10. The highest BCUT2D eigenvalue weighted by atomic mass is 19.1. The topological polar surface area (TPSA) is 99.9 Å². The Kier molecular flexibility index (Phi) is 4.43. The van der Waals surface area contributed by atoms with Crippen molar-refractivity contribution in [2.24, 2.45) is 5.10 Å². The molecule has 0 atom stereocenters. The minimum absolute atomic E-state index is 0.169. The first-order chi connectivity index (χ1) is 11.6. The summed E-state index contributed by atoms with van der Waals surface area (Å²) in [5.41, 5.74) is -2.14. The highest BCUT2D eigenvalue weighted by molar-refractivity contribution is 5.82. The molecule has 1 aromatic carbocycles. The first-order valence-electron chi connectivity index (χ1n) is 7.28. The van der Waals surface area contributed by atoms with Crippen LogP contribution in [0.15, 0.2) is 39.0 Å². The van der Waals surface area contributed by atoms with E-state index in [1.807, 2.05) is 0 Å². The SMILES string of the molecule is O=c1[nH]c(=O)n(-c2ccccc2F)c(O)c1C=NN1CCOCC1. The molecule has 0 unspecified atom stereocenters. The molecule has 126 valence electrons. The molecule has 8 nitrogen and oxygen atoms in total. The third-order valence-corrected chi connectivity index (χ3v) is 3.55. The summed E-state index contributed by atoms with van der Waals surface area (Å²) in [7, 11) is 0. The predicted octanol–water partition coefficient (Wildman–Crippen LogP) is 0.0366. The van der Waals surface area contributed by atoms with Gasteiger partial charge in [-0.3, -0.25) is 14.8 Å². The Morgan fingerprint density at radius 2 is 1.96 bits per heavy atom. The van der Waals surface area contributed by atoms with Gasteiger partial charge in [0.15, 0.2) is 0 Å². The van der Waals surface area contributed by atoms with Crippen molar-refractivity contribution in [3.63, 3.8) is 0 Å². The molecule has 9 heteroatoms.